The number of likely N-dealkylation sites (N-methyl/N-ethyl adjacent to an activating group) is 1. The number of carbonyl (C=O) groups excluding carboxylic acids is 2. The second-order valence-corrected chi connectivity index (χ2v) is 8.09. The van der Waals surface area contributed by atoms with Crippen LogP contribution in [-0.2, 0) is 4.74 Å². The van der Waals surface area contributed by atoms with Crippen molar-refractivity contribution in [3.63, 3.8) is 0 Å². The third-order valence-corrected chi connectivity index (χ3v) is 5.52. The Bertz CT molecular complexity index is 903. The molecule has 1 aliphatic rings. The normalized spacial score (nSPS) is 22.5. The number of methoxy groups -OCH3 is 1. The summed E-state index contributed by atoms with van der Waals surface area (Å²) in [5.74, 6) is 0.298. The van der Waals surface area contributed by atoms with Crippen molar-refractivity contribution in [2.75, 3.05) is 39.2 Å². The van der Waals surface area contributed by atoms with E-state index in [1.54, 1.807) is 49.4 Å². The molecule has 0 spiro atoms. The van der Waals surface area contributed by atoms with Gasteiger partial charge in [0.25, 0.3) is 11.8 Å². The van der Waals surface area contributed by atoms with E-state index in [0.717, 1.165) is 6.54 Å². The number of nitrogens with zero attached hydrogens (tertiary/aromatic N) is 1. The molecule has 3 atom stereocenters. The first kappa shape index (κ1) is 22.8. The van der Waals surface area contributed by atoms with Gasteiger partial charge in [-0.2, -0.15) is 0 Å². The summed E-state index contributed by atoms with van der Waals surface area (Å²) in [6, 6.07) is 14.2. The van der Waals surface area contributed by atoms with E-state index in [4.69, 9.17) is 9.47 Å². The lowest BCUT2D eigenvalue weighted by Gasteiger charge is -2.30. The average Bonchev–Trinajstić information content (AvgIpc) is 2.79. The lowest BCUT2D eigenvalue weighted by Crippen LogP contribution is -2.44. The average molecular weight is 426 g/mol. The molecule has 0 saturated carbocycles. The molecule has 1 aliphatic heterocycles. The van der Waals surface area contributed by atoms with Crippen molar-refractivity contribution in [3.8, 4) is 5.75 Å². The highest BCUT2D eigenvalue weighted by Crippen LogP contribution is 2.26. The van der Waals surface area contributed by atoms with Crippen molar-refractivity contribution in [3.05, 3.63) is 59.7 Å². The Hall–Kier alpha value is -2.90. The van der Waals surface area contributed by atoms with E-state index in [0.29, 0.717) is 35.7 Å². The molecule has 2 aromatic rings. The van der Waals surface area contributed by atoms with Gasteiger partial charge in [-0.3, -0.25) is 9.59 Å². The van der Waals surface area contributed by atoms with Crippen LogP contribution in [0.1, 0.15) is 34.6 Å². The van der Waals surface area contributed by atoms with E-state index < -0.39 is 0 Å². The molecule has 0 aliphatic carbocycles. The third-order valence-electron chi connectivity index (χ3n) is 5.52. The Morgan fingerprint density at radius 2 is 1.94 bits per heavy atom. The Labute approximate surface area is 183 Å². The summed E-state index contributed by atoms with van der Waals surface area (Å²) in [5, 5.41) is 6.33. The van der Waals surface area contributed by atoms with Crippen molar-refractivity contribution < 1.29 is 19.1 Å². The van der Waals surface area contributed by atoms with E-state index in [-0.39, 0.29) is 29.9 Å². The number of amides is 2. The maximum Gasteiger partial charge on any atom is 0.257 e. The highest BCUT2D eigenvalue weighted by molar-refractivity contribution is 6.05. The topological polar surface area (TPSA) is 79.9 Å². The summed E-state index contributed by atoms with van der Waals surface area (Å²) in [4.78, 5) is 27.4. The molecule has 2 aromatic carbocycles. The third kappa shape index (κ3) is 5.83. The molecule has 0 saturated heterocycles. The van der Waals surface area contributed by atoms with E-state index in [9.17, 15) is 9.59 Å². The molecular formula is C24H31N3O4. The minimum Gasteiger partial charge on any atom is -0.491 e. The lowest BCUT2D eigenvalue weighted by atomic mass is 10.0. The molecule has 31 heavy (non-hydrogen) atoms. The summed E-state index contributed by atoms with van der Waals surface area (Å²) in [6.07, 6.45) is -0.0987. The fourth-order valence-electron chi connectivity index (χ4n) is 3.53. The van der Waals surface area contributed by atoms with Gasteiger partial charge < -0.3 is 25.0 Å². The summed E-state index contributed by atoms with van der Waals surface area (Å²) >= 11 is 0. The maximum absolute atomic E-state index is 13.3. The molecule has 0 aromatic heterocycles. The quantitative estimate of drug-likeness (QED) is 0.790. The summed E-state index contributed by atoms with van der Waals surface area (Å²) in [7, 11) is 3.42. The molecule has 7 heteroatoms. The fraction of sp³-hybridized carbons (Fsp3) is 0.417. The lowest BCUT2D eigenvalue weighted by molar-refractivity contribution is 0.0281. The molecule has 0 radical (unpaired) electrons. The van der Waals surface area contributed by atoms with Crippen molar-refractivity contribution >= 4 is 17.5 Å². The van der Waals surface area contributed by atoms with Crippen LogP contribution >= 0.6 is 0 Å². The van der Waals surface area contributed by atoms with Gasteiger partial charge in [0.1, 0.15) is 12.4 Å². The maximum atomic E-state index is 13.3. The SMILES string of the molecule is CO[C@H]1CN(C)C(=O)c2cc(NC(=O)c3ccccc3)ccc2OC[C@@H](C)NC[C@H]1C. The van der Waals surface area contributed by atoms with Crippen molar-refractivity contribution in [1.82, 2.24) is 10.2 Å². The summed E-state index contributed by atoms with van der Waals surface area (Å²) < 4.78 is 11.6. The van der Waals surface area contributed by atoms with Gasteiger partial charge in [-0.25, -0.2) is 0 Å². The van der Waals surface area contributed by atoms with Gasteiger partial charge in [0.05, 0.1) is 11.7 Å². The van der Waals surface area contributed by atoms with Crippen LogP contribution in [0.25, 0.3) is 0 Å². The zero-order valence-electron chi connectivity index (χ0n) is 18.6. The molecular weight excluding hydrogens is 394 g/mol. The number of rotatable bonds is 3. The van der Waals surface area contributed by atoms with E-state index in [2.05, 4.69) is 17.6 Å². The van der Waals surface area contributed by atoms with Crippen molar-refractivity contribution in [2.45, 2.75) is 26.0 Å². The number of anilines is 1. The first-order valence-electron chi connectivity index (χ1n) is 10.5. The Morgan fingerprint density at radius 3 is 2.65 bits per heavy atom. The van der Waals surface area contributed by atoms with Gasteiger partial charge >= 0.3 is 0 Å². The number of ether oxygens (including phenoxy) is 2. The zero-order valence-corrected chi connectivity index (χ0v) is 18.6. The van der Waals surface area contributed by atoms with Crippen LogP contribution in [0.5, 0.6) is 5.75 Å². The number of hydrogen-bond donors (Lipinski definition) is 2. The zero-order chi connectivity index (χ0) is 22.4. The van der Waals surface area contributed by atoms with Gasteiger partial charge in [0.15, 0.2) is 0 Å². The van der Waals surface area contributed by atoms with Gasteiger partial charge in [-0.1, -0.05) is 25.1 Å². The fourth-order valence-corrected chi connectivity index (χ4v) is 3.53. The van der Waals surface area contributed by atoms with Crippen LogP contribution in [0.3, 0.4) is 0 Å². The monoisotopic (exact) mass is 425 g/mol. The predicted octanol–water partition coefficient (Wildman–Crippen LogP) is 3.03. The first-order valence-corrected chi connectivity index (χ1v) is 10.5. The van der Waals surface area contributed by atoms with Crippen LogP contribution in [0.2, 0.25) is 0 Å². The largest absolute Gasteiger partial charge is 0.491 e. The van der Waals surface area contributed by atoms with Crippen molar-refractivity contribution in [2.24, 2.45) is 5.92 Å². The Morgan fingerprint density at radius 1 is 1.19 bits per heavy atom. The molecule has 0 unspecified atom stereocenters. The first-order chi connectivity index (χ1) is 14.9. The van der Waals surface area contributed by atoms with Crippen LogP contribution in [0, 0.1) is 5.92 Å². The van der Waals surface area contributed by atoms with Crippen molar-refractivity contribution in [1.29, 1.82) is 0 Å². The van der Waals surface area contributed by atoms with E-state index in [1.807, 2.05) is 25.1 Å². The molecule has 3 rings (SSSR count). The predicted molar refractivity (Wildman–Crippen MR) is 121 cm³/mol. The molecule has 1 heterocycles. The van der Waals surface area contributed by atoms with Gasteiger partial charge in [-0.15, -0.1) is 0 Å². The minimum atomic E-state index is -0.235. The number of carbonyl (C=O) groups is 2. The second-order valence-electron chi connectivity index (χ2n) is 8.09. The molecule has 7 nitrogen and oxygen atoms in total. The molecule has 0 bridgehead atoms. The number of nitrogens with one attached hydrogen (secondary N) is 2. The van der Waals surface area contributed by atoms with Gasteiger partial charge in [-0.05, 0) is 43.2 Å². The Kier molecular flexibility index (Phi) is 7.65. The van der Waals surface area contributed by atoms with E-state index in [1.165, 1.54) is 0 Å². The summed E-state index contributed by atoms with van der Waals surface area (Å²) in [6.45, 7) is 5.78. The highest BCUT2D eigenvalue weighted by atomic mass is 16.5. The molecule has 0 fully saturated rings. The second kappa shape index (κ2) is 10.4. The van der Waals surface area contributed by atoms with Crippen LogP contribution in [0.4, 0.5) is 5.69 Å². The Balaban J connectivity index is 1.88. The standard InChI is InChI=1S/C24H31N3O4/c1-16-13-25-17(2)15-31-21-11-10-19(26-23(28)18-8-6-5-7-9-18)12-20(21)24(29)27(3)14-22(16)30-4/h5-12,16-17,22,25H,13-15H2,1-4H3,(H,26,28)/t16-,17-,22+/m1/s1. The van der Waals surface area contributed by atoms with Crippen LogP contribution < -0.4 is 15.4 Å². The number of fused-ring (bicyclic) bond motifs is 1. The molecule has 166 valence electrons. The highest BCUT2D eigenvalue weighted by Gasteiger charge is 2.25. The van der Waals surface area contributed by atoms with E-state index >= 15 is 0 Å². The molecule has 2 amide bonds. The van der Waals surface area contributed by atoms with Gasteiger partial charge in [0.2, 0.25) is 0 Å². The van der Waals surface area contributed by atoms with Crippen LogP contribution in [0.15, 0.2) is 48.5 Å². The minimum absolute atomic E-state index is 0.0987. The smallest absolute Gasteiger partial charge is 0.257 e. The number of benzene rings is 2. The summed E-state index contributed by atoms with van der Waals surface area (Å²) in [5.41, 5.74) is 1.49. The van der Waals surface area contributed by atoms with Crippen LogP contribution in [-0.4, -0.2) is 62.7 Å². The molecule has 2 N–H and O–H groups in total. The van der Waals surface area contributed by atoms with Gasteiger partial charge in [0, 0.05) is 44.5 Å². The number of hydrogen-bond acceptors (Lipinski definition) is 5.